The molecule has 0 heterocycles. The van der Waals surface area contributed by atoms with Crippen molar-refractivity contribution in [3.8, 4) is 0 Å². The molecule has 2 saturated carbocycles. The molecule has 0 aromatic rings. The van der Waals surface area contributed by atoms with Crippen molar-refractivity contribution >= 4 is 11.6 Å². The van der Waals surface area contributed by atoms with E-state index in [-0.39, 0.29) is 17.0 Å². The van der Waals surface area contributed by atoms with Gasteiger partial charge in [-0.05, 0) is 80.9 Å². The molecule has 4 aliphatic rings. The van der Waals surface area contributed by atoms with E-state index in [2.05, 4.69) is 6.92 Å². The lowest BCUT2D eigenvalue weighted by Gasteiger charge is -2.51. The minimum atomic E-state index is -1.13. The number of Topliss-reactive ketones (excluding diaryl/α,β-unsaturated/α-hetero) is 1. The summed E-state index contributed by atoms with van der Waals surface area (Å²) in [7, 11) is 0. The lowest BCUT2D eigenvalue weighted by molar-refractivity contribution is -0.152. The highest BCUT2D eigenvalue weighted by Crippen LogP contribution is 2.63. The smallest absolute Gasteiger partial charge is 0.161 e. The van der Waals surface area contributed by atoms with Gasteiger partial charge in [0.2, 0.25) is 0 Å². The Morgan fingerprint density at radius 2 is 1.96 bits per heavy atom. The van der Waals surface area contributed by atoms with E-state index in [1.807, 2.05) is 6.08 Å². The molecule has 2 fully saturated rings. The molecule has 3 heteroatoms. The van der Waals surface area contributed by atoms with Gasteiger partial charge in [0.25, 0.3) is 0 Å². The van der Waals surface area contributed by atoms with Crippen molar-refractivity contribution in [2.24, 2.45) is 17.3 Å². The number of allylic oxidation sites excluding steroid dienone is 4. The fraction of sp³-hybridized carbons (Fsp3) is 0.700. The van der Waals surface area contributed by atoms with Crippen LogP contribution in [0.15, 0.2) is 22.8 Å². The van der Waals surface area contributed by atoms with Crippen molar-refractivity contribution in [3.05, 3.63) is 22.8 Å². The van der Waals surface area contributed by atoms with E-state index < -0.39 is 5.60 Å². The predicted octanol–water partition coefficient (Wildman–Crippen LogP) is 3.51. The van der Waals surface area contributed by atoms with E-state index in [0.717, 1.165) is 38.5 Å². The summed E-state index contributed by atoms with van der Waals surface area (Å²) in [6.07, 6.45) is 8.92. The number of hydrogen-bond donors (Lipinski definition) is 1. The van der Waals surface area contributed by atoms with Crippen molar-refractivity contribution < 1.29 is 14.7 Å². The molecule has 0 amide bonds. The minimum absolute atomic E-state index is 0.0572. The largest absolute Gasteiger partial charge is 0.382 e. The van der Waals surface area contributed by atoms with Crippen LogP contribution in [0.4, 0.5) is 0 Å². The molecule has 0 aromatic carbocycles. The van der Waals surface area contributed by atoms with Crippen LogP contribution in [-0.2, 0) is 9.59 Å². The summed E-state index contributed by atoms with van der Waals surface area (Å²) in [6.45, 7) is 3.69. The van der Waals surface area contributed by atoms with E-state index in [1.165, 1.54) is 11.1 Å². The zero-order valence-electron chi connectivity index (χ0n) is 14.2. The quantitative estimate of drug-likeness (QED) is 0.806. The Bertz CT molecular complexity index is 656. The van der Waals surface area contributed by atoms with Crippen molar-refractivity contribution in [2.45, 2.75) is 70.8 Å². The summed E-state index contributed by atoms with van der Waals surface area (Å²) in [5, 5.41) is 11.1. The first-order valence-corrected chi connectivity index (χ1v) is 9.06. The van der Waals surface area contributed by atoms with Gasteiger partial charge in [-0.3, -0.25) is 9.59 Å². The number of ketones is 2. The van der Waals surface area contributed by atoms with E-state index in [1.54, 1.807) is 12.5 Å². The molecular weight excluding hydrogens is 288 g/mol. The van der Waals surface area contributed by atoms with Crippen LogP contribution in [0, 0.1) is 17.3 Å². The van der Waals surface area contributed by atoms with Gasteiger partial charge in [-0.1, -0.05) is 12.5 Å². The Hall–Kier alpha value is -1.22. The van der Waals surface area contributed by atoms with Gasteiger partial charge in [-0.25, -0.2) is 0 Å². The molecule has 0 radical (unpaired) electrons. The average Bonchev–Trinajstić information content (AvgIpc) is 2.80. The molecule has 0 bridgehead atoms. The van der Waals surface area contributed by atoms with Crippen LogP contribution in [0.1, 0.15) is 65.2 Å². The maximum Gasteiger partial charge on any atom is 0.161 e. The molecule has 4 rings (SSSR count). The number of fused-ring (bicyclic) bond motifs is 4. The van der Waals surface area contributed by atoms with Gasteiger partial charge >= 0.3 is 0 Å². The van der Waals surface area contributed by atoms with Crippen LogP contribution in [-0.4, -0.2) is 22.3 Å². The van der Waals surface area contributed by atoms with Crippen LogP contribution in [0.2, 0.25) is 0 Å². The summed E-state index contributed by atoms with van der Waals surface area (Å²) < 4.78 is 0. The molecule has 23 heavy (non-hydrogen) atoms. The van der Waals surface area contributed by atoms with E-state index in [0.29, 0.717) is 24.7 Å². The normalized spacial score (nSPS) is 42.7. The Morgan fingerprint density at radius 1 is 1.17 bits per heavy atom. The SMILES string of the molecule is CC(=O)[C@@]1(O)CC[C@H]2[C@@H]3CCC4=CC(=O)CCC4=C3CC[C@@]21C. The summed E-state index contributed by atoms with van der Waals surface area (Å²) in [5.74, 6) is 1.13. The Balaban J connectivity index is 1.74. The van der Waals surface area contributed by atoms with Gasteiger partial charge < -0.3 is 5.11 Å². The van der Waals surface area contributed by atoms with Gasteiger partial charge in [0.15, 0.2) is 11.6 Å². The highest BCUT2D eigenvalue weighted by Gasteiger charge is 2.62. The predicted molar refractivity (Wildman–Crippen MR) is 87.8 cm³/mol. The second-order valence-electron chi connectivity index (χ2n) is 8.26. The number of carbonyl (C=O) groups excluding carboxylic acids is 2. The third-order valence-electron chi connectivity index (χ3n) is 7.47. The summed E-state index contributed by atoms with van der Waals surface area (Å²) in [5.41, 5.74) is 2.86. The monoisotopic (exact) mass is 314 g/mol. The van der Waals surface area contributed by atoms with Crippen LogP contribution in [0.5, 0.6) is 0 Å². The van der Waals surface area contributed by atoms with Crippen molar-refractivity contribution in [1.29, 1.82) is 0 Å². The molecular formula is C20H26O3. The van der Waals surface area contributed by atoms with Gasteiger partial charge in [-0.15, -0.1) is 0 Å². The average molecular weight is 314 g/mol. The second-order valence-corrected chi connectivity index (χ2v) is 8.26. The minimum Gasteiger partial charge on any atom is -0.382 e. The first-order chi connectivity index (χ1) is 10.9. The topological polar surface area (TPSA) is 54.4 Å². The number of rotatable bonds is 1. The number of aliphatic hydroxyl groups is 1. The van der Waals surface area contributed by atoms with Gasteiger partial charge in [-0.2, -0.15) is 0 Å². The second kappa shape index (κ2) is 4.89. The summed E-state index contributed by atoms with van der Waals surface area (Å²) in [6, 6.07) is 0. The first-order valence-electron chi connectivity index (χ1n) is 9.06. The summed E-state index contributed by atoms with van der Waals surface area (Å²) in [4.78, 5) is 23.8. The van der Waals surface area contributed by atoms with Gasteiger partial charge in [0, 0.05) is 11.8 Å². The highest BCUT2D eigenvalue weighted by molar-refractivity contribution is 5.93. The van der Waals surface area contributed by atoms with Crippen LogP contribution in [0.3, 0.4) is 0 Å². The maximum absolute atomic E-state index is 12.1. The van der Waals surface area contributed by atoms with Gasteiger partial charge in [0.1, 0.15) is 5.60 Å². The Morgan fingerprint density at radius 3 is 2.70 bits per heavy atom. The Kier molecular flexibility index (Phi) is 3.26. The molecule has 0 aliphatic heterocycles. The fourth-order valence-corrected chi connectivity index (χ4v) is 6.13. The summed E-state index contributed by atoms with van der Waals surface area (Å²) >= 11 is 0. The molecule has 1 N–H and O–H groups in total. The molecule has 0 saturated heterocycles. The third-order valence-corrected chi connectivity index (χ3v) is 7.47. The molecule has 0 aromatic heterocycles. The van der Waals surface area contributed by atoms with E-state index >= 15 is 0 Å². The third kappa shape index (κ3) is 1.92. The van der Waals surface area contributed by atoms with Crippen LogP contribution < -0.4 is 0 Å². The first kappa shape index (κ1) is 15.3. The zero-order chi connectivity index (χ0) is 16.4. The van der Waals surface area contributed by atoms with E-state index in [4.69, 9.17) is 0 Å². The molecule has 4 aliphatic carbocycles. The Labute approximate surface area is 137 Å². The fourth-order valence-electron chi connectivity index (χ4n) is 6.13. The molecule has 0 spiro atoms. The number of hydrogen-bond acceptors (Lipinski definition) is 3. The molecule has 124 valence electrons. The number of carbonyl (C=O) groups is 2. The van der Waals surface area contributed by atoms with Crippen molar-refractivity contribution in [1.82, 2.24) is 0 Å². The zero-order valence-corrected chi connectivity index (χ0v) is 14.2. The molecule has 4 atom stereocenters. The maximum atomic E-state index is 12.1. The highest BCUT2D eigenvalue weighted by atomic mass is 16.3. The molecule has 0 unspecified atom stereocenters. The van der Waals surface area contributed by atoms with Crippen molar-refractivity contribution in [2.75, 3.05) is 0 Å². The van der Waals surface area contributed by atoms with Crippen LogP contribution >= 0.6 is 0 Å². The van der Waals surface area contributed by atoms with Crippen LogP contribution in [0.25, 0.3) is 0 Å². The van der Waals surface area contributed by atoms with Gasteiger partial charge in [0.05, 0.1) is 0 Å². The standard InChI is InChI=1S/C20H26O3/c1-12(21)20(23)10-8-18-17-5-3-13-11-14(22)4-6-15(13)16(17)7-9-19(18,20)2/h11,17-18,23H,3-10H2,1-2H3/t17-,18+,19+,20+/m1/s1. The molecule has 3 nitrogen and oxygen atoms in total. The lowest BCUT2D eigenvalue weighted by atomic mass is 9.54. The van der Waals surface area contributed by atoms with Crippen molar-refractivity contribution in [3.63, 3.8) is 0 Å². The van der Waals surface area contributed by atoms with E-state index in [9.17, 15) is 14.7 Å². The lowest BCUT2D eigenvalue weighted by Crippen LogP contribution is -2.53.